The molecule has 1 aromatic heterocycles. The Morgan fingerprint density at radius 3 is 2.68 bits per heavy atom. The largest absolute Gasteiger partial charge is 0.359 e. The molecule has 3 rings (SSSR count). The molecule has 1 aliphatic rings. The van der Waals surface area contributed by atoms with Crippen molar-refractivity contribution in [1.29, 1.82) is 0 Å². The Balaban J connectivity index is 2.03. The molecule has 1 aromatic carbocycles. The van der Waals surface area contributed by atoms with Gasteiger partial charge in [0, 0.05) is 38.0 Å². The molecule has 0 bridgehead atoms. The number of Topliss-reactive ketones (excluding diaryl/α,β-unsaturated/α-hetero) is 1. The van der Waals surface area contributed by atoms with Gasteiger partial charge < -0.3 is 14.8 Å². The fourth-order valence-electron chi connectivity index (χ4n) is 4.18. The first-order chi connectivity index (χ1) is 14.7. The Hall–Kier alpha value is -2.25. The van der Waals surface area contributed by atoms with Gasteiger partial charge in [-0.05, 0) is 50.6 Å². The van der Waals surface area contributed by atoms with Crippen molar-refractivity contribution in [3.63, 3.8) is 0 Å². The number of hydrogen-bond acceptors (Lipinski definition) is 4. The van der Waals surface area contributed by atoms with E-state index in [2.05, 4.69) is 10.2 Å². The van der Waals surface area contributed by atoms with Crippen LogP contribution in [0.4, 0.5) is 4.39 Å². The number of fused-ring (bicyclic) bond motifs is 1. The van der Waals surface area contributed by atoms with Crippen LogP contribution in [-0.2, 0) is 17.9 Å². The molecule has 2 heterocycles. The van der Waals surface area contributed by atoms with Gasteiger partial charge in [0.2, 0.25) is 5.91 Å². The van der Waals surface area contributed by atoms with Gasteiger partial charge in [0.1, 0.15) is 17.3 Å². The van der Waals surface area contributed by atoms with Gasteiger partial charge >= 0.3 is 0 Å². The normalized spacial score (nSPS) is 15.5. The lowest BCUT2D eigenvalue weighted by Gasteiger charge is -2.17. The second-order valence-corrected chi connectivity index (χ2v) is 9.08. The summed E-state index contributed by atoms with van der Waals surface area (Å²) in [6.45, 7) is 6.25. The first-order valence-corrected chi connectivity index (χ1v) is 11.1. The van der Waals surface area contributed by atoms with E-state index in [1.807, 2.05) is 25.5 Å². The lowest BCUT2D eigenvalue weighted by molar-refractivity contribution is -0.124. The summed E-state index contributed by atoms with van der Waals surface area (Å²) in [6.07, 6.45) is 1.64. The molecule has 31 heavy (non-hydrogen) atoms. The maximum absolute atomic E-state index is 13.7. The topological polar surface area (TPSA) is 67.2 Å². The van der Waals surface area contributed by atoms with Crippen LogP contribution in [0.3, 0.4) is 0 Å². The zero-order valence-corrected chi connectivity index (χ0v) is 19.3. The monoisotopic (exact) mass is 448 g/mol. The van der Waals surface area contributed by atoms with Crippen molar-refractivity contribution >= 4 is 23.3 Å². The molecule has 0 fully saturated rings. The molecule has 1 aliphatic heterocycles. The molecule has 2 aromatic rings. The SMILES string of the molecule is CNC(=O)[C@@H](CC(=O)c1nc(-c2ccc(F)c(Cl)c2)n2c1CN(C)CCC2)CC(C)C. The number of aromatic nitrogens is 2. The molecule has 0 saturated heterocycles. The Morgan fingerprint density at radius 2 is 2.03 bits per heavy atom. The third-order valence-corrected chi connectivity index (χ3v) is 5.95. The first kappa shape index (κ1) is 23.4. The molecule has 0 aliphatic carbocycles. The predicted molar refractivity (Wildman–Crippen MR) is 120 cm³/mol. The van der Waals surface area contributed by atoms with E-state index in [1.54, 1.807) is 19.2 Å². The van der Waals surface area contributed by atoms with Crippen molar-refractivity contribution in [3.8, 4) is 11.4 Å². The standard InChI is InChI=1S/C23H30ClFN4O2/c1-14(2)10-16(23(31)26-3)12-20(30)21-19-13-28(4)8-5-9-29(19)22(27-21)15-6-7-18(25)17(24)11-15/h6-7,11,14,16H,5,8-10,12-13H2,1-4H3,(H,26,31)/t16-/m1/s1. The van der Waals surface area contributed by atoms with E-state index in [9.17, 15) is 14.0 Å². The van der Waals surface area contributed by atoms with Crippen molar-refractivity contribution < 1.29 is 14.0 Å². The summed E-state index contributed by atoms with van der Waals surface area (Å²) in [7, 11) is 3.60. The molecule has 168 valence electrons. The van der Waals surface area contributed by atoms with Crippen LogP contribution in [0.25, 0.3) is 11.4 Å². The van der Waals surface area contributed by atoms with Gasteiger partial charge in [0.15, 0.2) is 5.78 Å². The summed E-state index contributed by atoms with van der Waals surface area (Å²) < 4.78 is 15.7. The summed E-state index contributed by atoms with van der Waals surface area (Å²) in [5.41, 5.74) is 1.89. The second-order valence-electron chi connectivity index (χ2n) is 8.67. The minimum Gasteiger partial charge on any atom is -0.359 e. The first-order valence-electron chi connectivity index (χ1n) is 10.7. The molecule has 1 N–H and O–H groups in total. The number of nitrogens with zero attached hydrogens (tertiary/aromatic N) is 3. The quantitative estimate of drug-likeness (QED) is 0.646. The highest BCUT2D eigenvalue weighted by Crippen LogP contribution is 2.30. The smallest absolute Gasteiger partial charge is 0.223 e. The molecule has 0 saturated carbocycles. The number of imidazole rings is 1. The zero-order valence-electron chi connectivity index (χ0n) is 18.5. The van der Waals surface area contributed by atoms with Crippen LogP contribution in [0.5, 0.6) is 0 Å². The van der Waals surface area contributed by atoms with Crippen LogP contribution >= 0.6 is 11.6 Å². The number of amides is 1. The number of carbonyl (C=O) groups is 2. The third kappa shape index (κ3) is 5.33. The van der Waals surface area contributed by atoms with E-state index in [-0.39, 0.29) is 29.1 Å². The van der Waals surface area contributed by atoms with Crippen molar-refractivity contribution in [3.05, 3.63) is 40.4 Å². The highest BCUT2D eigenvalue weighted by Gasteiger charge is 2.29. The average molecular weight is 449 g/mol. The Morgan fingerprint density at radius 1 is 1.29 bits per heavy atom. The second kappa shape index (κ2) is 9.92. The van der Waals surface area contributed by atoms with E-state index in [1.165, 1.54) is 6.07 Å². The van der Waals surface area contributed by atoms with Crippen LogP contribution in [0.2, 0.25) is 5.02 Å². The van der Waals surface area contributed by atoms with Gasteiger partial charge in [-0.25, -0.2) is 9.37 Å². The van der Waals surface area contributed by atoms with E-state index < -0.39 is 11.7 Å². The summed E-state index contributed by atoms with van der Waals surface area (Å²) in [6, 6.07) is 4.49. The number of rotatable bonds is 7. The maximum atomic E-state index is 13.7. The average Bonchev–Trinajstić information content (AvgIpc) is 2.95. The molecule has 8 heteroatoms. The Bertz CT molecular complexity index is 973. The fraction of sp³-hybridized carbons (Fsp3) is 0.522. The molecule has 0 unspecified atom stereocenters. The Kier molecular flexibility index (Phi) is 7.49. The van der Waals surface area contributed by atoms with Gasteiger partial charge in [-0.15, -0.1) is 0 Å². The van der Waals surface area contributed by atoms with Crippen molar-refractivity contribution in [2.75, 3.05) is 20.6 Å². The van der Waals surface area contributed by atoms with Crippen LogP contribution in [0.1, 0.15) is 49.3 Å². The van der Waals surface area contributed by atoms with E-state index >= 15 is 0 Å². The van der Waals surface area contributed by atoms with Gasteiger partial charge in [-0.3, -0.25) is 9.59 Å². The number of halogens is 2. The van der Waals surface area contributed by atoms with Crippen molar-refractivity contribution in [2.24, 2.45) is 11.8 Å². The van der Waals surface area contributed by atoms with Crippen LogP contribution in [-0.4, -0.2) is 46.8 Å². The molecule has 0 radical (unpaired) electrons. The summed E-state index contributed by atoms with van der Waals surface area (Å²) in [4.78, 5) is 32.6. The van der Waals surface area contributed by atoms with Gasteiger partial charge in [-0.1, -0.05) is 25.4 Å². The summed E-state index contributed by atoms with van der Waals surface area (Å²) >= 11 is 6.01. The number of ketones is 1. The molecule has 0 spiro atoms. The predicted octanol–water partition coefficient (Wildman–Crippen LogP) is 4.16. The third-order valence-electron chi connectivity index (χ3n) is 5.66. The molecule has 1 amide bonds. The number of nitrogens with one attached hydrogen (secondary N) is 1. The van der Waals surface area contributed by atoms with Crippen LogP contribution < -0.4 is 5.32 Å². The summed E-state index contributed by atoms with van der Waals surface area (Å²) in [5.74, 6) is -0.274. The zero-order chi connectivity index (χ0) is 22.7. The minimum atomic E-state index is -0.494. The molecular formula is C23H30ClFN4O2. The molecule has 6 nitrogen and oxygen atoms in total. The lowest BCUT2D eigenvalue weighted by Crippen LogP contribution is -2.30. The van der Waals surface area contributed by atoms with E-state index in [0.717, 1.165) is 18.7 Å². The minimum absolute atomic E-state index is 0.0186. The maximum Gasteiger partial charge on any atom is 0.223 e. The van der Waals surface area contributed by atoms with Crippen molar-refractivity contribution in [2.45, 2.75) is 46.2 Å². The van der Waals surface area contributed by atoms with E-state index in [4.69, 9.17) is 16.6 Å². The highest BCUT2D eigenvalue weighted by molar-refractivity contribution is 6.31. The van der Waals surface area contributed by atoms with Gasteiger partial charge in [0.05, 0.1) is 10.7 Å². The fourth-order valence-corrected chi connectivity index (χ4v) is 4.36. The summed E-state index contributed by atoms with van der Waals surface area (Å²) in [5, 5.41) is 2.69. The lowest BCUT2D eigenvalue weighted by atomic mass is 9.90. The Labute approximate surface area is 187 Å². The highest BCUT2D eigenvalue weighted by atomic mass is 35.5. The van der Waals surface area contributed by atoms with Gasteiger partial charge in [0.25, 0.3) is 0 Å². The number of benzene rings is 1. The van der Waals surface area contributed by atoms with Crippen LogP contribution in [0, 0.1) is 17.7 Å². The molecular weight excluding hydrogens is 419 g/mol. The van der Waals surface area contributed by atoms with Crippen LogP contribution in [0.15, 0.2) is 18.2 Å². The van der Waals surface area contributed by atoms with Crippen molar-refractivity contribution in [1.82, 2.24) is 19.8 Å². The van der Waals surface area contributed by atoms with E-state index in [0.29, 0.717) is 36.6 Å². The molecule has 1 atom stereocenters. The number of hydrogen-bond donors (Lipinski definition) is 1. The van der Waals surface area contributed by atoms with Gasteiger partial charge in [-0.2, -0.15) is 0 Å². The number of carbonyl (C=O) groups excluding carboxylic acids is 2.